The van der Waals surface area contributed by atoms with Crippen molar-refractivity contribution in [3.8, 4) is 11.1 Å². The number of hydrogen-bond acceptors (Lipinski definition) is 2. The third-order valence-corrected chi connectivity index (χ3v) is 11.1. The molecule has 0 radical (unpaired) electrons. The lowest BCUT2D eigenvalue weighted by Gasteiger charge is -2.44. The molecular weight excluding hydrogens is 653 g/mol. The molecule has 2 heteroatoms. The molecule has 0 fully saturated rings. The first-order valence-corrected chi connectivity index (χ1v) is 18.0. The van der Waals surface area contributed by atoms with Crippen LogP contribution in [0.3, 0.4) is 0 Å². The fourth-order valence-electron chi connectivity index (χ4n) is 8.75. The molecule has 1 aliphatic carbocycles. The van der Waals surface area contributed by atoms with Crippen LogP contribution in [-0.2, 0) is 10.8 Å². The number of hydrogen-bond donors (Lipinski definition) is 0. The van der Waals surface area contributed by atoms with Crippen LogP contribution in [0, 0.1) is 0 Å². The lowest BCUT2D eigenvalue weighted by Crippen LogP contribution is -2.33. The number of benzene rings is 8. The van der Waals surface area contributed by atoms with E-state index in [1.165, 1.54) is 27.2 Å². The zero-order valence-corrected chi connectivity index (χ0v) is 29.8. The van der Waals surface area contributed by atoms with E-state index in [1.807, 2.05) is 48.5 Å². The number of para-hydroxylation sites is 3. The predicted octanol–water partition coefficient (Wildman–Crippen LogP) is 13.6. The predicted molar refractivity (Wildman–Crippen MR) is 225 cm³/mol. The molecule has 1 heterocycles. The Morgan fingerprint density at radius 1 is 0.444 bits per heavy atom. The van der Waals surface area contributed by atoms with Gasteiger partial charge in [-0.15, -0.1) is 0 Å². The second-order valence-corrected chi connectivity index (χ2v) is 14.2. The third kappa shape index (κ3) is 4.73. The Bertz CT molecular complexity index is 3050. The number of anilines is 6. The van der Waals surface area contributed by atoms with Crippen LogP contribution < -0.4 is 9.80 Å². The van der Waals surface area contributed by atoms with Crippen LogP contribution in [0.25, 0.3) is 11.1 Å². The maximum Gasteiger partial charge on any atom is 0.0713 e. The van der Waals surface area contributed by atoms with Crippen molar-refractivity contribution >= 4 is 34.1 Å². The van der Waals surface area contributed by atoms with Crippen molar-refractivity contribution in [1.82, 2.24) is 0 Å². The maximum atomic E-state index is 9.08. The SMILES string of the molecule is [2H]c1c([2H])c([2H])c(N(c2ccc3c(c2)C(C)(C)c2cc(C4(c5ccccc5)c5ccccc5-c5ccccc54)ccc2N3c2ccccc2)c2c([2H])c([2H])c([2H])c([2H])c2[2H])c([2H])c1[2H]. The van der Waals surface area contributed by atoms with Gasteiger partial charge in [0.1, 0.15) is 0 Å². The van der Waals surface area contributed by atoms with Crippen LogP contribution in [0.1, 0.15) is 60.9 Å². The van der Waals surface area contributed by atoms with Gasteiger partial charge >= 0.3 is 0 Å². The lowest BCUT2D eigenvalue weighted by atomic mass is 9.65. The van der Waals surface area contributed by atoms with E-state index in [0.29, 0.717) is 0 Å². The highest BCUT2D eigenvalue weighted by Crippen LogP contribution is 2.59. The Labute approximate surface area is 332 Å². The Balaban J connectivity index is 1.27. The molecule has 0 saturated carbocycles. The smallest absolute Gasteiger partial charge is 0.0713 e. The minimum atomic E-state index is -0.775. The van der Waals surface area contributed by atoms with Gasteiger partial charge in [-0.1, -0.05) is 159 Å². The molecule has 0 saturated heterocycles. The summed E-state index contributed by atoms with van der Waals surface area (Å²) in [6.07, 6.45) is 0. The fraction of sp³-hybridized carbons (Fsp3) is 0.0769. The van der Waals surface area contributed by atoms with Gasteiger partial charge in [-0.25, -0.2) is 0 Å². The summed E-state index contributed by atoms with van der Waals surface area (Å²) in [5, 5.41) is 0. The molecule has 0 N–H and O–H groups in total. The lowest BCUT2D eigenvalue weighted by molar-refractivity contribution is 0.627. The summed E-state index contributed by atoms with van der Waals surface area (Å²) < 4.78 is 87.5. The van der Waals surface area contributed by atoms with Gasteiger partial charge in [0.15, 0.2) is 0 Å². The Hall–Kier alpha value is -6.64. The molecule has 54 heavy (non-hydrogen) atoms. The zero-order chi connectivity index (χ0) is 45.0. The molecule has 258 valence electrons. The van der Waals surface area contributed by atoms with E-state index >= 15 is 0 Å². The molecule has 1 aliphatic heterocycles. The van der Waals surface area contributed by atoms with Crippen LogP contribution in [-0.4, -0.2) is 0 Å². The summed E-state index contributed by atoms with van der Waals surface area (Å²) in [5.41, 5.74) is 9.42. The highest BCUT2D eigenvalue weighted by atomic mass is 15.2. The van der Waals surface area contributed by atoms with E-state index in [4.69, 9.17) is 13.7 Å². The molecule has 2 aliphatic rings. The maximum absolute atomic E-state index is 9.08. The van der Waals surface area contributed by atoms with Crippen LogP contribution in [0.2, 0.25) is 0 Å². The molecule has 10 rings (SSSR count). The minimum Gasteiger partial charge on any atom is -0.310 e. The van der Waals surface area contributed by atoms with E-state index in [-0.39, 0.29) is 17.1 Å². The van der Waals surface area contributed by atoms with Gasteiger partial charge in [0.05, 0.1) is 30.5 Å². The summed E-state index contributed by atoms with van der Waals surface area (Å²) in [7, 11) is 0. The minimum absolute atomic E-state index is 0.246. The molecule has 0 unspecified atom stereocenters. The first kappa shape index (κ1) is 23.1. The summed E-state index contributed by atoms with van der Waals surface area (Å²) in [6, 6.07) is 43.9. The fourth-order valence-corrected chi connectivity index (χ4v) is 8.75. The second kappa shape index (κ2) is 12.5. The first-order chi connectivity index (χ1) is 30.7. The Kier molecular flexibility index (Phi) is 5.35. The van der Waals surface area contributed by atoms with Crippen molar-refractivity contribution in [3.05, 3.63) is 239 Å². The standard InChI is InChI=1S/C52H40N2/c1-51(2)47-35-38(52(37-19-7-3-8-20-37)45-29-17-15-27-43(45)44-28-16-18-30-46(44)52)31-33-49(47)54(41-25-13-6-14-26-41)50-34-32-42(36-48(50)51)53(39-21-9-4-10-22-39)40-23-11-5-12-24-40/h3-36H,1-2H3/i4D,5D,9D,10D,11D,12D,21D,22D,23D,24D. The molecule has 0 spiro atoms. The van der Waals surface area contributed by atoms with Gasteiger partial charge in [0, 0.05) is 28.2 Å². The Morgan fingerprint density at radius 3 is 1.54 bits per heavy atom. The topological polar surface area (TPSA) is 6.48 Å². The number of nitrogens with zero attached hydrogens (tertiary/aromatic N) is 2. The normalized spacial score (nSPS) is 17.0. The van der Waals surface area contributed by atoms with Gasteiger partial charge in [0.2, 0.25) is 0 Å². The third-order valence-electron chi connectivity index (χ3n) is 11.1. The van der Waals surface area contributed by atoms with E-state index in [9.17, 15) is 0 Å². The monoisotopic (exact) mass is 702 g/mol. The number of fused-ring (bicyclic) bond motifs is 5. The summed E-state index contributed by atoms with van der Waals surface area (Å²) in [4.78, 5) is 3.42. The van der Waals surface area contributed by atoms with Gasteiger partial charge in [-0.05, 0) is 105 Å². The molecule has 0 atom stereocenters. The van der Waals surface area contributed by atoms with E-state index < -0.39 is 71.3 Å². The summed E-state index contributed by atoms with van der Waals surface area (Å²) in [6.45, 7) is 4.26. The van der Waals surface area contributed by atoms with E-state index in [1.54, 1.807) is 6.07 Å². The van der Waals surface area contributed by atoms with Gasteiger partial charge < -0.3 is 9.80 Å². The first-order valence-electron chi connectivity index (χ1n) is 23.0. The molecule has 8 aromatic rings. The summed E-state index contributed by atoms with van der Waals surface area (Å²) >= 11 is 0. The molecule has 2 nitrogen and oxygen atoms in total. The van der Waals surface area contributed by atoms with Crippen LogP contribution >= 0.6 is 0 Å². The van der Waals surface area contributed by atoms with E-state index in [2.05, 4.69) is 110 Å². The average molecular weight is 703 g/mol. The van der Waals surface area contributed by atoms with Gasteiger partial charge in [0.25, 0.3) is 0 Å². The molecule has 0 aromatic heterocycles. The van der Waals surface area contributed by atoms with Crippen LogP contribution in [0.15, 0.2) is 206 Å². The highest BCUT2D eigenvalue weighted by molar-refractivity contribution is 5.91. The average Bonchev–Trinajstić information content (AvgIpc) is 3.62. The Morgan fingerprint density at radius 2 is 0.944 bits per heavy atom. The van der Waals surface area contributed by atoms with Crippen molar-refractivity contribution in [2.45, 2.75) is 24.7 Å². The van der Waals surface area contributed by atoms with Crippen LogP contribution in [0.4, 0.5) is 34.1 Å². The van der Waals surface area contributed by atoms with Gasteiger partial charge in [-0.3, -0.25) is 0 Å². The van der Waals surface area contributed by atoms with Crippen molar-refractivity contribution < 1.29 is 13.7 Å². The highest BCUT2D eigenvalue weighted by Gasteiger charge is 2.47. The molecule has 0 bridgehead atoms. The van der Waals surface area contributed by atoms with Crippen molar-refractivity contribution in [2.24, 2.45) is 0 Å². The number of rotatable bonds is 6. The van der Waals surface area contributed by atoms with E-state index in [0.717, 1.165) is 39.3 Å². The van der Waals surface area contributed by atoms with Crippen molar-refractivity contribution in [3.63, 3.8) is 0 Å². The van der Waals surface area contributed by atoms with Crippen molar-refractivity contribution in [2.75, 3.05) is 9.80 Å². The van der Waals surface area contributed by atoms with Gasteiger partial charge in [-0.2, -0.15) is 0 Å². The molecule has 0 amide bonds. The quantitative estimate of drug-likeness (QED) is 0.170. The van der Waals surface area contributed by atoms with Crippen LogP contribution in [0.5, 0.6) is 0 Å². The van der Waals surface area contributed by atoms with Crippen molar-refractivity contribution in [1.29, 1.82) is 0 Å². The summed E-state index contributed by atoms with van der Waals surface area (Å²) in [5.74, 6) is 0. The zero-order valence-electron chi connectivity index (χ0n) is 39.8. The molecule has 8 aromatic carbocycles. The second-order valence-electron chi connectivity index (χ2n) is 14.2. The molecular formula is C52H40N2. The largest absolute Gasteiger partial charge is 0.310 e.